The number of esters is 1. The van der Waals surface area contributed by atoms with Crippen molar-refractivity contribution < 1.29 is 14.3 Å². The molecule has 0 aliphatic carbocycles. The number of hydrogen-bond acceptors (Lipinski definition) is 3. The Kier molecular flexibility index (Phi) is 4.83. The Balaban J connectivity index is 2.11. The molecule has 0 heterocycles. The average molecular weight is 324 g/mol. The van der Waals surface area contributed by atoms with Crippen molar-refractivity contribution in [2.45, 2.75) is 6.92 Å². The van der Waals surface area contributed by atoms with Crippen LogP contribution in [0.4, 0.5) is 5.69 Å². The second-order valence-corrected chi connectivity index (χ2v) is 5.04. The van der Waals surface area contributed by atoms with Gasteiger partial charge in [0.1, 0.15) is 5.75 Å². The molecule has 6 heteroatoms. The van der Waals surface area contributed by atoms with Gasteiger partial charge in [0.2, 0.25) is 0 Å². The third-order valence-electron chi connectivity index (χ3n) is 2.56. The van der Waals surface area contributed by atoms with E-state index in [1.807, 2.05) is 0 Å². The molecule has 0 spiro atoms. The lowest BCUT2D eigenvalue weighted by Gasteiger charge is -2.08. The van der Waals surface area contributed by atoms with Crippen molar-refractivity contribution >= 4 is 40.8 Å². The van der Waals surface area contributed by atoms with Gasteiger partial charge in [-0.15, -0.1) is 0 Å². The molecular weight excluding hydrogens is 313 g/mol. The van der Waals surface area contributed by atoms with Crippen molar-refractivity contribution in [2.75, 3.05) is 5.32 Å². The van der Waals surface area contributed by atoms with E-state index < -0.39 is 5.97 Å². The van der Waals surface area contributed by atoms with Crippen LogP contribution in [-0.4, -0.2) is 11.9 Å². The summed E-state index contributed by atoms with van der Waals surface area (Å²) in [4.78, 5) is 22.9. The summed E-state index contributed by atoms with van der Waals surface area (Å²) < 4.78 is 4.89. The zero-order valence-electron chi connectivity index (χ0n) is 11.0. The second-order valence-electron chi connectivity index (χ2n) is 4.20. The SMILES string of the molecule is CC(=O)Oc1ccc(C(=O)Nc2ccc(Cl)cc2Cl)cc1. The van der Waals surface area contributed by atoms with Crippen LogP contribution in [0.5, 0.6) is 5.75 Å². The highest BCUT2D eigenvalue weighted by Crippen LogP contribution is 2.26. The smallest absolute Gasteiger partial charge is 0.308 e. The molecule has 2 rings (SSSR count). The lowest BCUT2D eigenvalue weighted by molar-refractivity contribution is -0.131. The van der Waals surface area contributed by atoms with Gasteiger partial charge >= 0.3 is 5.97 Å². The van der Waals surface area contributed by atoms with Gasteiger partial charge < -0.3 is 10.1 Å². The van der Waals surface area contributed by atoms with Crippen molar-refractivity contribution in [2.24, 2.45) is 0 Å². The van der Waals surface area contributed by atoms with Gasteiger partial charge in [0.05, 0.1) is 10.7 Å². The highest BCUT2D eigenvalue weighted by atomic mass is 35.5. The summed E-state index contributed by atoms with van der Waals surface area (Å²) in [5.74, 6) is -0.364. The highest BCUT2D eigenvalue weighted by molar-refractivity contribution is 6.36. The van der Waals surface area contributed by atoms with Crippen molar-refractivity contribution in [1.29, 1.82) is 0 Å². The topological polar surface area (TPSA) is 55.4 Å². The lowest BCUT2D eigenvalue weighted by Crippen LogP contribution is -2.12. The molecule has 108 valence electrons. The van der Waals surface area contributed by atoms with E-state index in [-0.39, 0.29) is 5.91 Å². The van der Waals surface area contributed by atoms with Gasteiger partial charge in [0, 0.05) is 17.5 Å². The summed E-state index contributed by atoms with van der Waals surface area (Å²) in [5.41, 5.74) is 0.882. The number of carbonyl (C=O) groups is 2. The summed E-state index contributed by atoms with van der Waals surface area (Å²) in [5, 5.41) is 3.52. The largest absolute Gasteiger partial charge is 0.427 e. The summed E-state index contributed by atoms with van der Waals surface area (Å²) in [7, 11) is 0. The first-order chi connectivity index (χ1) is 9.95. The number of carbonyl (C=O) groups excluding carboxylic acids is 2. The third-order valence-corrected chi connectivity index (χ3v) is 3.11. The highest BCUT2D eigenvalue weighted by Gasteiger charge is 2.09. The van der Waals surface area contributed by atoms with Crippen molar-refractivity contribution in [1.82, 2.24) is 0 Å². The minimum Gasteiger partial charge on any atom is -0.427 e. The maximum atomic E-state index is 12.1. The summed E-state index contributed by atoms with van der Waals surface area (Å²) in [6.07, 6.45) is 0. The first-order valence-electron chi connectivity index (χ1n) is 6.00. The molecular formula is C15H11Cl2NO3. The summed E-state index contributed by atoms with van der Waals surface area (Å²) >= 11 is 11.8. The van der Waals surface area contributed by atoms with Gasteiger partial charge in [-0.1, -0.05) is 23.2 Å². The van der Waals surface area contributed by atoms with Gasteiger partial charge in [-0.3, -0.25) is 9.59 Å². The molecule has 0 saturated heterocycles. The molecule has 0 radical (unpaired) electrons. The minimum atomic E-state index is -0.417. The van der Waals surface area contributed by atoms with Gasteiger partial charge in [-0.25, -0.2) is 0 Å². The standard InChI is InChI=1S/C15H11Cl2NO3/c1-9(19)21-12-5-2-10(3-6-12)15(20)18-14-7-4-11(16)8-13(14)17/h2-8H,1H3,(H,18,20). The van der Waals surface area contributed by atoms with Crippen molar-refractivity contribution in [3.05, 3.63) is 58.1 Å². The fourth-order valence-electron chi connectivity index (χ4n) is 1.63. The molecule has 0 bridgehead atoms. The molecule has 1 amide bonds. The molecule has 1 N–H and O–H groups in total. The Bertz CT molecular complexity index is 684. The van der Waals surface area contributed by atoms with Crippen molar-refractivity contribution in [3.8, 4) is 5.75 Å². The molecule has 0 fully saturated rings. The quantitative estimate of drug-likeness (QED) is 0.681. The number of benzene rings is 2. The molecule has 2 aromatic carbocycles. The molecule has 21 heavy (non-hydrogen) atoms. The van der Waals surface area contributed by atoms with E-state index >= 15 is 0 Å². The number of ether oxygens (including phenoxy) is 1. The normalized spacial score (nSPS) is 10.0. The summed E-state index contributed by atoms with van der Waals surface area (Å²) in [6, 6.07) is 11.0. The van der Waals surface area contributed by atoms with Crippen molar-refractivity contribution in [3.63, 3.8) is 0 Å². The van der Waals surface area contributed by atoms with Gasteiger partial charge in [0.25, 0.3) is 5.91 Å². The van der Waals surface area contributed by atoms with Crippen LogP contribution in [0, 0.1) is 0 Å². The van der Waals surface area contributed by atoms with Gasteiger partial charge in [-0.2, -0.15) is 0 Å². The number of rotatable bonds is 3. The van der Waals surface area contributed by atoms with Crippen LogP contribution < -0.4 is 10.1 Å². The number of hydrogen-bond donors (Lipinski definition) is 1. The molecule has 0 atom stereocenters. The molecule has 0 aromatic heterocycles. The van der Waals surface area contributed by atoms with Gasteiger partial charge in [-0.05, 0) is 42.5 Å². The van der Waals surface area contributed by atoms with E-state index in [2.05, 4.69) is 5.32 Å². The molecule has 2 aromatic rings. The number of halogens is 2. The minimum absolute atomic E-state index is 0.325. The summed E-state index contributed by atoms with van der Waals surface area (Å²) in [6.45, 7) is 1.31. The molecule has 0 saturated carbocycles. The first kappa shape index (κ1) is 15.4. The fourth-order valence-corrected chi connectivity index (χ4v) is 2.08. The second kappa shape index (κ2) is 6.61. The Morgan fingerprint density at radius 2 is 1.71 bits per heavy atom. The van der Waals surface area contributed by atoms with Crippen LogP contribution in [0.3, 0.4) is 0 Å². The molecule has 0 unspecified atom stereocenters. The maximum Gasteiger partial charge on any atom is 0.308 e. The van der Waals surface area contributed by atoms with Gasteiger partial charge in [0.15, 0.2) is 0 Å². The maximum absolute atomic E-state index is 12.1. The van der Waals surface area contributed by atoms with Crippen LogP contribution >= 0.6 is 23.2 Å². The number of anilines is 1. The third kappa shape index (κ3) is 4.21. The van der Waals surface area contributed by atoms with Crippen LogP contribution in [-0.2, 0) is 4.79 Å². The van der Waals surface area contributed by atoms with Crippen LogP contribution in [0.1, 0.15) is 17.3 Å². The molecule has 0 aliphatic heterocycles. The van der Waals surface area contributed by atoms with E-state index in [0.29, 0.717) is 27.0 Å². The van der Waals surface area contributed by atoms with Crippen LogP contribution in [0.2, 0.25) is 10.0 Å². The Morgan fingerprint density at radius 3 is 2.29 bits per heavy atom. The van der Waals surface area contributed by atoms with E-state index in [0.717, 1.165) is 0 Å². The Hall–Kier alpha value is -2.04. The van der Waals surface area contributed by atoms with E-state index in [4.69, 9.17) is 27.9 Å². The van der Waals surface area contributed by atoms with E-state index in [1.54, 1.807) is 42.5 Å². The molecule has 4 nitrogen and oxygen atoms in total. The zero-order valence-corrected chi connectivity index (χ0v) is 12.5. The van der Waals surface area contributed by atoms with E-state index in [9.17, 15) is 9.59 Å². The fraction of sp³-hybridized carbons (Fsp3) is 0.0667. The number of amides is 1. The lowest BCUT2D eigenvalue weighted by atomic mass is 10.2. The zero-order chi connectivity index (χ0) is 15.4. The first-order valence-corrected chi connectivity index (χ1v) is 6.76. The van der Waals surface area contributed by atoms with E-state index in [1.165, 1.54) is 6.92 Å². The average Bonchev–Trinajstić information content (AvgIpc) is 2.42. The van der Waals surface area contributed by atoms with Crippen LogP contribution in [0.15, 0.2) is 42.5 Å². The number of nitrogens with one attached hydrogen (secondary N) is 1. The Morgan fingerprint density at radius 1 is 1.05 bits per heavy atom. The predicted molar refractivity (Wildman–Crippen MR) is 82.2 cm³/mol. The predicted octanol–water partition coefficient (Wildman–Crippen LogP) is 4.17. The monoisotopic (exact) mass is 323 g/mol. The molecule has 0 aliphatic rings. The Labute approximate surface area is 131 Å². The van der Waals surface area contributed by atoms with Crippen LogP contribution in [0.25, 0.3) is 0 Å².